The molecule has 2 heterocycles. The van der Waals surface area contributed by atoms with E-state index in [0.717, 1.165) is 0 Å². The van der Waals surface area contributed by atoms with Crippen LogP contribution in [0.15, 0.2) is 24.5 Å². The molecule has 114 valence electrons. The van der Waals surface area contributed by atoms with Gasteiger partial charge in [0, 0.05) is 17.7 Å². The zero-order valence-electron chi connectivity index (χ0n) is 11.9. The number of aromatic nitrogens is 4. The van der Waals surface area contributed by atoms with E-state index in [-0.39, 0.29) is 6.01 Å². The molecule has 2 aromatic heterocycles. The maximum absolute atomic E-state index is 6.28. The summed E-state index contributed by atoms with van der Waals surface area (Å²) in [6, 6.07) is 5.42. The highest BCUT2D eigenvalue weighted by atomic mass is 35.5. The molecule has 0 spiro atoms. The first-order chi connectivity index (χ1) is 10.6. The van der Waals surface area contributed by atoms with E-state index < -0.39 is 0 Å². The Balaban J connectivity index is 2.28. The number of nitrogens with zero attached hydrogens (tertiary/aromatic N) is 4. The molecule has 3 aromatic rings. The molecule has 3 rings (SSSR count). The highest BCUT2D eigenvalue weighted by Crippen LogP contribution is 2.33. The molecule has 6 nitrogen and oxygen atoms in total. The second kappa shape index (κ2) is 6.08. The summed E-state index contributed by atoms with van der Waals surface area (Å²) in [7, 11) is 3.10. The molecule has 0 fully saturated rings. The van der Waals surface area contributed by atoms with E-state index in [2.05, 4.69) is 15.0 Å². The molecule has 0 bridgehead atoms. The van der Waals surface area contributed by atoms with Gasteiger partial charge in [-0.25, -0.2) is 4.98 Å². The Hall–Kier alpha value is -1.89. The third-order valence-corrected chi connectivity index (χ3v) is 3.63. The molecule has 0 radical (unpaired) electrons. The zero-order chi connectivity index (χ0) is 15.7. The Morgan fingerprint density at radius 2 is 2.00 bits per heavy atom. The predicted octanol–water partition coefficient (Wildman–Crippen LogP) is 3.41. The maximum atomic E-state index is 6.28. The Morgan fingerprint density at radius 1 is 1.18 bits per heavy atom. The van der Waals surface area contributed by atoms with Gasteiger partial charge in [0.2, 0.25) is 0 Å². The van der Waals surface area contributed by atoms with Gasteiger partial charge in [-0.2, -0.15) is 9.97 Å². The van der Waals surface area contributed by atoms with Crippen LogP contribution in [0, 0.1) is 0 Å². The fourth-order valence-corrected chi connectivity index (χ4v) is 2.62. The van der Waals surface area contributed by atoms with Crippen LogP contribution >= 0.6 is 23.2 Å². The molecule has 1 aromatic carbocycles. The van der Waals surface area contributed by atoms with Crippen molar-refractivity contribution < 1.29 is 9.47 Å². The van der Waals surface area contributed by atoms with E-state index in [1.807, 2.05) is 0 Å². The Kier molecular flexibility index (Phi) is 4.15. The van der Waals surface area contributed by atoms with Gasteiger partial charge in [0.25, 0.3) is 0 Å². The number of halogens is 2. The van der Waals surface area contributed by atoms with E-state index in [0.29, 0.717) is 39.2 Å². The normalized spacial score (nSPS) is 11.1. The zero-order valence-corrected chi connectivity index (χ0v) is 13.4. The third kappa shape index (κ3) is 2.61. The summed E-state index contributed by atoms with van der Waals surface area (Å²) in [5.74, 6) is 0. The molecule has 0 atom stereocenters. The van der Waals surface area contributed by atoms with Crippen molar-refractivity contribution in [2.45, 2.75) is 6.73 Å². The van der Waals surface area contributed by atoms with Crippen LogP contribution in [0.3, 0.4) is 0 Å². The number of methoxy groups -OCH3 is 2. The predicted molar refractivity (Wildman–Crippen MR) is 84.3 cm³/mol. The van der Waals surface area contributed by atoms with Crippen LogP contribution in [0.25, 0.3) is 22.4 Å². The second-order valence-corrected chi connectivity index (χ2v) is 5.33. The van der Waals surface area contributed by atoms with Crippen molar-refractivity contribution >= 4 is 34.4 Å². The summed E-state index contributed by atoms with van der Waals surface area (Å²) >= 11 is 12.2. The lowest BCUT2D eigenvalue weighted by molar-refractivity contribution is 0.134. The molecule has 0 unspecified atom stereocenters. The minimum absolute atomic E-state index is 0.228. The van der Waals surface area contributed by atoms with Crippen molar-refractivity contribution in [1.29, 1.82) is 0 Å². The van der Waals surface area contributed by atoms with E-state index >= 15 is 0 Å². The average molecular weight is 339 g/mol. The molecule has 0 aliphatic heterocycles. The second-order valence-electron chi connectivity index (χ2n) is 4.49. The van der Waals surface area contributed by atoms with Gasteiger partial charge in [-0.3, -0.25) is 4.57 Å². The van der Waals surface area contributed by atoms with Crippen molar-refractivity contribution in [3.8, 4) is 17.3 Å². The monoisotopic (exact) mass is 338 g/mol. The molecule has 0 saturated heterocycles. The van der Waals surface area contributed by atoms with Crippen LogP contribution in [-0.2, 0) is 11.5 Å². The average Bonchev–Trinajstić information content (AvgIpc) is 2.90. The quantitative estimate of drug-likeness (QED) is 0.729. The number of hydrogen-bond donors (Lipinski definition) is 0. The van der Waals surface area contributed by atoms with Crippen LogP contribution in [0.1, 0.15) is 0 Å². The molecule has 0 N–H and O–H groups in total. The van der Waals surface area contributed by atoms with Gasteiger partial charge in [0.05, 0.1) is 18.5 Å². The number of hydrogen-bond acceptors (Lipinski definition) is 5. The highest BCUT2D eigenvalue weighted by Gasteiger charge is 2.17. The first-order valence-electron chi connectivity index (χ1n) is 6.35. The molecule has 22 heavy (non-hydrogen) atoms. The van der Waals surface area contributed by atoms with Gasteiger partial charge < -0.3 is 9.47 Å². The minimum Gasteiger partial charge on any atom is -0.467 e. The molecule has 0 aliphatic carbocycles. The SMILES string of the molecule is COCn1cnc2c(-c3ccc(Cl)cc3Cl)nc(OC)nc21. The first-order valence-corrected chi connectivity index (χ1v) is 7.11. The Labute approximate surface area is 136 Å². The van der Waals surface area contributed by atoms with Gasteiger partial charge in [0.15, 0.2) is 5.65 Å². The fraction of sp³-hybridized carbons (Fsp3) is 0.214. The van der Waals surface area contributed by atoms with Crippen molar-refractivity contribution in [2.75, 3.05) is 14.2 Å². The highest BCUT2D eigenvalue weighted by molar-refractivity contribution is 6.36. The summed E-state index contributed by atoms with van der Waals surface area (Å²) < 4.78 is 12.1. The van der Waals surface area contributed by atoms with Gasteiger partial charge in [-0.15, -0.1) is 0 Å². The first kappa shape index (κ1) is 15.0. The largest absolute Gasteiger partial charge is 0.467 e. The Bertz CT molecular complexity index is 835. The van der Waals surface area contributed by atoms with Crippen LogP contribution < -0.4 is 4.74 Å². The molecular weight excluding hydrogens is 327 g/mol. The molecule has 0 amide bonds. The number of benzene rings is 1. The third-order valence-electron chi connectivity index (χ3n) is 3.08. The topological polar surface area (TPSA) is 62.1 Å². The lowest BCUT2D eigenvalue weighted by Gasteiger charge is -2.08. The summed E-state index contributed by atoms with van der Waals surface area (Å²) in [4.78, 5) is 13.1. The summed E-state index contributed by atoms with van der Waals surface area (Å²) in [5.41, 5.74) is 2.51. The van der Waals surface area contributed by atoms with Crippen LogP contribution in [0.5, 0.6) is 6.01 Å². The summed E-state index contributed by atoms with van der Waals surface area (Å²) in [5, 5.41) is 1.03. The van der Waals surface area contributed by atoms with Crippen LogP contribution in [0.2, 0.25) is 10.0 Å². The van der Waals surface area contributed by atoms with E-state index in [4.69, 9.17) is 32.7 Å². The van der Waals surface area contributed by atoms with Gasteiger partial charge in [-0.1, -0.05) is 23.2 Å². The standard InChI is InChI=1S/C14H12Cl2N4O2/c1-21-7-20-6-17-12-11(18-14(22-2)19-13(12)20)9-4-3-8(15)5-10(9)16/h3-6H,7H2,1-2H3. The van der Waals surface area contributed by atoms with Gasteiger partial charge in [-0.05, 0) is 18.2 Å². The van der Waals surface area contributed by atoms with Crippen molar-refractivity contribution in [3.05, 3.63) is 34.6 Å². The van der Waals surface area contributed by atoms with Gasteiger partial charge >= 0.3 is 6.01 Å². The van der Waals surface area contributed by atoms with Gasteiger partial charge in [0.1, 0.15) is 17.9 Å². The van der Waals surface area contributed by atoms with Crippen LogP contribution in [-0.4, -0.2) is 33.7 Å². The number of ether oxygens (including phenoxy) is 2. The lowest BCUT2D eigenvalue weighted by Crippen LogP contribution is -2.02. The summed E-state index contributed by atoms with van der Waals surface area (Å²) in [6.45, 7) is 0.324. The van der Waals surface area contributed by atoms with Crippen LogP contribution in [0.4, 0.5) is 0 Å². The Morgan fingerprint density at radius 3 is 2.68 bits per heavy atom. The maximum Gasteiger partial charge on any atom is 0.318 e. The number of rotatable bonds is 4. The van der Waals surface area contributed by atoms with E-state index in [1.165, 1.54) is 7.11 Å². The lowest BCUT2D eigenvalue weighted by atomic mass is 10.1. The smallest absolute Gasteiger partial charge is 0.318 e. The molecule has 0 saturated carbocycles. The number of fused-ring (bicyclic) bond motifs is 1. The van der Waals surface area contributed by atoms with Crippen molar-refractivity contribution in [2.24, 2.45) is 0 Å². The minimum atomic E-state index is 0.228. The van der Waals surface area contributed by atoms with E-state index in [1.54, 1.807) is 36.2 Å². The van der Waals surface area contributed by atoms with E-state index in [9.17, 15) is 0 Å². The van der Waals surface area contributed by atoms with Crippen molar-refractivity contribution in [1.82, 2.24) is 19.5 Å². The molecular formula is C14H12Cl2N4O2. The summed E-state index contributed by atoms with van der Waals surface area (Å²) in [6.07, 6.45) is 1.63. The molecule has 8 heteroatoms. The number of imidazole rings is 1. The fourth-order valence-electron chi connectivity index (χ4n) is 2.12. The molecule has 0 aliphatic rings. The van der Waals surface area contributed by atoms with Crippen molar-refractivity contribution in [3.63, 3.8) is 0 Å².